The molecule has 3 aromatic rings. The van der Waals surface area contributed by atoms with Crippen molar-refractivity contribution in [2.45, 2.75) is 31.7 Å². The summed E-state index contributed by atoms with van der Waals surface area (Å²) in [7, 11) is 0. The van der Waals surface area contributed by atoms with Crippen molar-refractivity contribution in [3.8, 4) is 0 Å². The minimum absolute atomic E-state index is 0.0407. The number of nitrogens with zero attached hydrogens (tertiary/aromatic N) is 3. The molecule has 188 valence electrons. The van der Waals surface area contributed by atoms with Gasteiger partial charge in [0.2, 0.25) is 5.91 Å². The van der Waals surface area contributed by atoms with E-state index in [1.807, 2.05) is 12.1 Å². The van der Waals surface area contributed by atoms with Gasteiger partial charge in [0.25, 0.3) is 0 Å². The van der Waals surface area contributed by atoms with Crippen LogP contribution in [0.2, 0.25) is 0 Å². The molecule has 4 rings (SSSR count). The van der Waals surface area contributed by atoms with Crippen LogP contribution in [0.1, 0.15) is 48.4 Å². The van der Waals surface area contributed by atoms with Gasteiger partial charge in [-0.1, -0.05) is 79.6 Å². The summed E-state index contributed by atoms with van der Waals surface area (Å²) in [6.45, 7) is 6.32. The Morgan fingerprint density at radius 2 is 1.50 bits per heavy atom. The first-order valence-corrected chi connectivity index (χ1v) is 13.2. The molecule has 0 unspecified atom stereocenters. The second-order valence-corrected chi connectivity index (χ2v) is 9.43. The Labute approximate surface area is 215 Å². The molecule has 0 saturated carbocycles. The van der Waals surface area contributed by atoms with Crippen molar-refractivity contribution >= 4 is 12.0 Å². The monoisotopic (exact) mass is 482 g/mol. The van der Waals surface area contributed by atoms with Gasteiger partial charge in [-0.25, -0.2) is 0 Å². The Morgan fingerprint density at radius 1 is 0.833 bits per heavy atom. The third kappa shape index (κ3) is 8.14. The zero-order chi connectivity index (χ0) is 24.8. The number of hydrogen-bond donors (Lipinski definition) is 1. The molecular weight excluding hydrogens is 444 g/mol. The first-order chi connectivity index (χ1) is 17.8. The van der Waals surface area contributed by atoms with Crippen molar-refractivity contribution < 1.29 is 4.79 Å². The number of amides is 1. The number of benzene rings is 2. The number of carbonyl (C=O) groups excluding carboxylic acids is 1. The molecule has 36 heavy (non-hydrogen) atoms. The fourth-order valence-corrected chi connectivity index (χ4v) is 4.86. The average molecular weight is 483 g/mol. The molecule has 2 aromatic carbocycles. The molecule has 0 bridgehead atoms. The first kappa shape index (κ1) is 25.8. The van der Waals surface area contributed by atoms with Gasteiger partial charge in [0.1, 0.15) is 0 Å². The van der Waals surface area contributed by atoms with Crippen LogP contribution < -0.4 is 5.32 Å². The highest BCUT2D eigenvalue weighted by molar-refractivity contribution is 5.91. The van der Waals surface area contributed by atoms with Gasteiger partial charge in [-0.2, -0.15) is 0 Å². The molecular formula is C31H38N4O. The van der Waals surface area contributed by atoms with E-state index in [2.05, 4.69) is 80.8 Å². The van der Waals surface area contributed by atoms with Crippen LogP contribution in [-0.2, 0) is 4.79 Å². The lowest BCUT2D eigenvalue weighted by atomic mass is 9.96. The maximum atomic E-state index is 11.9. The summed E-state index contributed by atoms with van der Waals surface area (Å²) in [5.41, 5.74) is 3.68. The molecule has 0 radical (unpaired) electrons. The van der Waals surface area contributed by atoms with Crippen molar-refractivity contribution in [2.24, 2.45) is 0 Å². The normalized spacial score (nSPS) is 14.9. The van der Waals surface area contributed by atoms with Crippen molar-refractivity contribution in [3.05, 3.63) is 108 Å². The number of unbranched alkanes of at least 4 members (excludes halogenated alkanes) is 3. The number of rotatable bonds is 12. The second kappa shape index (κ2) is 14.3. The zero-order valence-corrected chi connectivity index (χ0v) is 21.1. The molecule has 0 atom stereocenters. The lowest BCUT2D eigenvalue weighted by molar-refractivity contribution is -0.116. The van der Waals surface area contributed by atoms with Gasteiger partial charge in [-0.3, -0.25) is 14.7 Å². The summed E-state index contributed by atoms with van der Waals surface area (Å²) in [6.07, 6.45) is 11.4. The fourth-order valence-electron chi connectivity index (χ4n) is 4.86. The van der Waals surface area contributed by atoms with Crippen LogP contribution in [0.4, 0.5) is 0 Å². The summed E-state index contributed by atoms with van der Waals surface area (Å²) in [5.74, 6) is -0.0407. The van der Waals surface area contributed by atoms with Crippen molar-refractivity contribution in [2.75, 3.05) is 39.3 Å². The summed E-state index contributed by atoms with van der Waals surface area (Å²) in [6, 6.07) is 25.9. The smallest absolute Gasteiger partial charge is 0.243 e. The van der Waals surface area contributed by atoms with Gasteiger partial charge in [-0.15, -0.1) is 0 Å². The van der Waals surface area contributed by atoms with Crippen molar-refractivity contribution in [1.82, 2.24) is 20.1 Å². The Kier molecular flexibility index (Phi) is 10.3. The second-order valence-electron chi connectivity index (χ2n) is 9.43. The quantitative estimate of drug-likeness (QED) is 0.286. The lowest BCUT2D eigenvalue weighted by Gasteiger charge is -2.39. The number of aromatic nitrogens is 1. The highest BCUT2D eigenvalue weighted by Gasteiger charge is 2.26. The Balaban J connectivity index is 1.11. The van der Waals surface area contributed by atoms with E-state index in [-0.39, 0.29) is 5.91 Å². The predicted octanol–water partition coefficient (Wildman–Crippen LogP) is 5.18. The molecule has 1 aromatic heterocycles. The SMILES string of the molecule is O=C(C=Cc1cccnc1)NCCCCCCN1CCN(C(c2ccccc2)c2ccccc2)CC1. The summed E-state index contributed by atoms with van der Waals surface area (Å²) in [4.78, 5) is 21.2. The van der Waals surface area contributed by atoms with Gasteiger partial charge in [-0.05, 0) is 48.2 Å². The summed E-state index contributed by atoms with van der Waals surface area (Å²) >= 11 is 0. The number of hydrogen-bond acceptors (Lipinski definition) is 4. The van der Waals surface area contributed by atoms with Crippen LogP contribution in [0.5, 0.6) is 0 Å². The van der Waals surface area contributed by atoms with Crippen molar-refractivity contribution in [3.63, 3.8) is 0 Å². The van der Waals surface area contributed by atoms with E-state index in [0.29, 0.717) is 6.04 Å². The van der Waals surface area contributed by atoms with Gasteiger partial charge in [0.15, 0.2) is 0 Å². The topological polar surface area (TPSA) is 48.5 Å². The van der Waals surface area contributed by atoms with E-state index in [0.717, 1.165) is 57.7 Å². The van der Waals surface area contributed by atoms with Gasteiger partial charge < -0.3 is 10.2 Å². The van der Waals surface area contributed by atoms with Crippen LogP contribution in [0.25, 0.3) is 6.08 Å². The molecule has 1 saturated heterocycles. The zero-order valence-electron chi connectivity index (χ0n) is 21.1. The van der Waals surface area contributed by atoms with Gasteiger partial charge in [0, 0.05) is 51.2 Å². The maximum absolute atomic E-state index is 11.9. The van der Waals surface area contributed by atoms with Crippen LogP contribution in [0.15, 0.2) is 91.3 Å². The molecule has 0 aliphatic carbocycles. The first-order valence-electron chi connectivity index (χ1n) is 13.2. The van der Waals surface area contributed by atoms with Gasteiger partial charge >= 0.3 is 0 Å². The molecule has 1 fully saturated rings. The molecule has 5 nitrogen and oxygen atoms in total. The molecule has 1 aliphatic heterocycles. The largest absolute Gasteiger partial charge is 0.353 e. The number of pyridine rings is 1. The van der Waals surface area contributed by atoms with E-state index in [9.17, 15) is 4.79 Å². The summed E-state index contributed by atoms with van der Waals surface area (Å²) in [5, 5.41) is 2.97. The Morgan fingerprint density at radius 3 is 2.14 bits per heavy atom. The fraction of sp³-hybridized carbons (Fsp3) is 0.355. The van der Waals surface area contributed by atoms with E-state index in [1.165, 1.54) is 24.0 Å². The van der Waals surface area contributed by atoms with Crippen molar-refractivity contribution in [1.29, 1.82) is 0 Å². The average Bonchev–Trinajstić information content (AvgIpc) is 2.94. The van der Waals surface area contributed by atoms with E-state index in [4.69, 9.17) is 0 Å². The van der Waals surface area contributed by atoms with E-state index in [1.54, 1.807) is 24.5 Å². The number of piperazine rings is 1. The molecule has 1 N–H and O–H groups in total. The highest BCUT2D eigenvalue weighted by Crippen LogP contribution is 2.29. The minimum Gasteiger partial charge on any atom is -0.353 e. The molecule has 5 heteroatoms. The van der Waals surface area contributed by atoms with Crippen LogP contribution >= 0.6 is 0 Å². The number of nitrogens with one attached hydrogen (secondary N) is 1. The molecule has 2 heterocycles. The molecule has 0 spiro atoms. The van der Waals surface area contributed by atoms with Crippen LogP contribution in [0.3, 0.4) is 0 Å². The molecule has 1 amide bonds. The van der Waals surface area contributed by atoms with Crippen LogP contribution in [-0.4, -0.2) is 60.0 Å². The van der Waals surface area contributed by atoms with E-state index < -0.39 is 0 Å². The minimum atomic E-state index is -0.0407. The maximum Gasteiger partial charge on any atom is 0.243 e. The standard InChI is InChI=1S/C31H38N4O/c36-30(18-17-27-12-11-19-32-26-27)33-20-9-1-2-10-21-34-22-24-35(25-23-34)31(28-13-5-3-6-14-28)29-15-7-4-8-16-29/h3-8,11-19,26,31H,1-2,9-10,20-25H2,(H,33,36). The van der Waals surface area contributed by atoms with Crippen LogP contribution in [0, 0.1) is 0 Å². The Hall–Kier alpha value is -3.28. The number of carbonyl (C=O) groups is 1. The molecule has 1 aliphatic rings. The Bertz CT molecular complexity index is 1010. The predicted molar refractivity (Wildman–Crippen MR) is 147 cm³/mol. The van der Waals surface area contributed by atoms with Gasteiger partial charge in [0.05, 0.1) is 6.04 Å². The third-order valence-corrected chi connectivity index (χ3v) is 6.81. The third-order valence-electron chi connectivity index (χ3n) is 6.81. The van der Waals surface area contributed by atoms with E-state index >= 15 is 0 Å². The summed E-state index contributed by atoms with van der Waals surface area (Å²) < 4.78 is 0. The highest BCUT2D eigenvalue weighted by atomic mass is 16.1. The lowest BCUT2D eigenvalue weighted by Crippen LogP contribution is -2.48.